The van der Waals surface area contributed by atoms with E-state index in [1.54, 1.807) is 0 Å². The van der Waals surface area contributed by atoms with Crippen LogP contribution in [-0.2, 0) is 8.85 Å². The van der Waals surface area contributed by atoms with Crippen molar-refractivity contribution in [3.63, 3.8) is 0 Å². The van der Waals surface area contributed by atoms with Crippen LogP contribution < -0.4 is 0 Å². The molecular formula is C12H24O2Si. The van der Waals surface area contributed by atoms with Crippen LogP contribution in [0.1, 0.15) is 34.1 Å². The second-order valence-electron chi connectivity index (χ2n) is 4.51. The molecule has 1 unspecified atom stereocenters. The molecule has 0 amide bonds. The second kappa shape index (κ2) is 7.05. The topological polar surface area (TPSA) is 18.5 Å². The quantitative estimate of drug-likeness (QED) is 0.513. The Morgan fingerprint density at radius 3 is 2.27 bits per heavy atom. The predicted molar refractivity (Wildman–Crippen MR) is 66.9 cm³/mol. The molecule has 0 aliphatic heterocycles. The maximum atomic E-state index is 5.92. The van der Waals surface area contributed by atoms with Gasteiger partial charge in [-0.2, -0.15) is 0 Å². The summed E-state index contributed by atoms with van der Waals surface area (Å²) in [6.45, 7) is 13.2. The van der Waals surface area contributed by atoms with Crippen LogP contribution in [0.5, 0.6) is 0 Å². The van der Waals surface area contributed by atoms with E-state index in [1.807, 2.05) is 6.92 Å². The largest absolute Gasteiger partial charge is 0.394 e. The van der Waals surface area contributed by atoms with E-state index in [1.165, 1.54) is 0 Å². The van der Waals surface area contributed by atoms with Gasteiger partial charge in [0.2, 0.25) is 0 Å². The smallest absolute Gasteiger partial charge is 0.332 e. The third-order valence-corrected chi connectivity index (χ3v) is 3.58. The Hall–Kier alpha value is -0.303. The SMILES string of the molecule is CC#CC(CC)O[Si](C)(C)OCC(C)C. The van der Waals surface area contributed by atoms with E-state index in [0.29, 0.717) is 5.92 Å². The van der Waals surface area contributed by atoms with Crippen molar-refractivity contribution in [1.29, 1.82) is 0 Å². The summed E-state index contributed by atoms with van der Waals surface area (Å²) in [6.07, 6.45) is 0.950. The monoisotopic (exact) mass is 228 g/mol. The summed E-state index contributed by atoms with van der Waals surface area (Å²) in [7, 11) is -1.99. The van der Waals surface area contributed by atoms with Crippen molar-refractivity contribution in [2.45, 2.75) is 53.3 Å². The summed E-state index contributed by atoms with van der Waals surface area (Å²) in [5, 5.41) is 0. The van der Waals surface area contributed by atoms with Gasteiger partial charge >= 0.3 is 8.56 Å². The predicted octanol–water partition coefficient (Wildman–Crippen LogP) is 3.18. The van der Waals surface area contributed by atoms with Gasteiger partial charge in [-0.25, -0.2) is 0 Å². The van der Waals surface area contributed by atoms with Gasteiger partial charge in [-0.1, -0.05) is 26.7 Å². The van der Waals surface area contributed by atoms with E-state index < -0.39 is 8.56 Å². The lowest BCUT2D eigenvalue weighted by molar-refractivity contribution is 0.136. The van der Waals surface area contributed by atoms with Gasteiger partial charge in [0.1, 0.15) is 6.10 Å². The van der Waals surface area contributed by atoms with Gasteiger partial charge in [0.05, 0.1) is 0 Å². The van der Waals surface area contributed by atoms with Crippen molar-refractivity contribution in [3.8, 4) is 11.8 Å². The summed E-state index contributed by atoms with van der Waals surface area (Å²) in [5.74, 6) is 6.51. The van der Waals surface area contributed by atoms with Crippen LogP contribution in [0.15, 0.2) is 0 Å². The molecule has 0 aromatic rings. The molecule has 0 rings (SSSR count). The minimum absolute atomic E-state index is 0.0313. The van der Waals surface area contributed by atoms with E-state index in [4.69, 9.17) is 8.85 Å². The molecule has 1 atom stereocenters. The lowest BCUT2D eigenvalue weighted by atomic mass is 10.2. The van der Waals surface area contributed by atoms with Crippen LogP contribution in [0, 0.1) is 17.8 Å². The van der Waals surface area contributed by atoms with Crippen molar-refractivity contribution in [2.24, 2.45) is 5.92 Å². The van der Waals surface area contributed by atoms with Crippen LogP contribution in [0.25, 0.3) is 0 Å². The van der Waals surface area contributed by atoms with Crippen LogP contribution in [-0.4, -0.2) is 21.3 Å². The third kappa shape index (κ3) is 7.61. The van der Waals surface area contributed by atoms with E-state index in [9.17, 15) is 0 Å². The highest BCUT2D eigenvalue weighted by Gasteiger charge is 2.27. The first-order valence-corrected chi connectivity index (χ1v) is 8.47. The lowest BCUT2D eigenvalue weighted by Crippen LogP contribution is -2.39. The molecule has 15 heavy (non-hydrogen) atoms. The van der Waals surface area contributed by atoms with Crippen LogP contribution >= 0.6 is 0 Å². The first-order valence-electron chi connectivity index (χ1n) is 5.65. The highest BCUT2D eigenvalue weighted by molar-refractivity contribution is 6.64. The third-order valence-electron chi connectivity index (χ3n) is 1.87. The number of rotatable bonds is 6. The Morgan fingerprint density at radius 1 is 1.27 bits per heavy atom. The molecule has 2 nitrogen and oxygen atoms in total. The first kappa shape index (κ1) is 14.7. The van der Waals surface area contributed by atoms with Crippen LogP contribution in [0.4, 0.5) is 0 Å². The Morgan fingerprint density at radius 2 is 1.87 bits per heavy atom. The Kier molecular flexibility index (Phi) is 6.91. The molecule has 0 aliphatic rings. The molecule has 0 aromatic carbocycles. The molecular weight excluding hydrogens is 204 g/mol. The highest BCUT2D eigenvalue weighted by atomic mass is 28.4. The fourth-order valence-corrected chi connectivity index (χ4v) is 2.83. The molecule has 0 spiro atoms. The van der Waals surface area contributed by atoms with E-state index >= 15 is 0 Å². The molecule has 0 fully saturated rings. The summed E-state index contributed by atoms with van der Waals surface area (Å²) in [5.41, 5.74) is 0. The zero-order valence-corrected chi connectivity index (χ0v) is 11.9. The Labute approximate surface area is 95.6 Å². The number of hydrogen-bond acceptors (Lipinski definition) is 2. The van der Waals surface area contributed by atoms with Crippen molar-refractivity contribution in [3.05, 3.63) is 0 Å². The van der Waals surface area contributed by atoms with Gasteiger partial charge < -0.3 is 8.85 Å². The molecule has 0 saturated carbocycles. The minimum atomic E-state index is -1.99. The molecule has 0 radical (unpaired) electrons. The zero-order valence-electron chi connectivity index (χ0n) is 10.9. The molecule has 88 valence electrons. The van der Waals surface area contributed by atoms with Crippen molar-refractivity contribution >= 4 is 8.56 Å². The van der Waals surface area contributed by atoms with Crippen molar-refractivity contribution in [1.82, 2.24) is 0 Å². The molecule has 0 bridgehead atoms. The Balaban J connectivity index is 4.13. The summed E-state index contributed by atoms with van der Waals surface area (Å²) in [6, 6.07) is 0. The zero-order chi connectivity index (χ0) is 11.9. The fourth-order valence-electron chi connectivity index (χ4n) is 1.12. The maximum Gasteiger partial charge on any atom is 0.332 e. The first-order chi connectivity index (χ1) is 6.91. The van der Waals surface area contributed by atoms with Crippen molar-refractivity contribution in [2.75, 3.05) is 6.61 Å². The van der Waals surface area contributed by atoms with E-state index in [-0.39, 0.29) is 6.10 Å². The maximum absolute atomic E-state index is 5.92. The van der Waals surface area contributed by atoms with E-state index in [0.717, 1.165) is 13.0 Å². The average molecular weight is 228 g/mol. The number of hydrogen-bond donors (Lipinski definition) is 0. The highest BCUT2D eigenvalue weighted by Crippen LogP contribution is 2.13. The summed E-state index contributed by atoms with van der Waals surface area (Å²) >= 11 is 0. The normalized spacial score (nSPS) is 13.5. The van der Waals surface area contributed by atoms with Crippen LogP contribution in [0.2, 0.25) is 13.1 Å². The van der Waals surface area contributed by atoms with Gasteiger partial charge in [0.25, 0.3) is 0 Å². The van der Waals surface area contributed by atoms with Gasteiger partial charge in [-0.15, -0.1) is 5.92 Å². The summed E-state index contributed by atoms with van der Waals surface area (Å²) < 4.78 is 11.7. The molecule has 0 aromatic heterocycles. The van der Waals surface area contributed by atoms with Crippen molar-refractivity contribution < 1.29 is 8.85 Å². The molecule has 0 heterocycles. The summed E-state index contributed by atoms with van der Waals surface area (Å²) in [4.78, 5) is 0. The Bertz CT molecular complexity index is 226. The average Bonchev–Trinajstić information content (AvgIpc) is 2.14. The van der Waals surface area contributed by atoms with E-state index in [2.05, 4.69) is 45.7 Å². The van der Waals surface area contributed by atoms with Gasteiger partial charge in [0, 0.05) is 6.61 Å². The molecule has 0 saturated heterocycles. The van der Waals surface area contributed by atoms with Gasteiger partial charge in [0.15, 0.2) is 0 Å². The minimum Gasteiger partial charge on any atom is -0.394 e. The lowest BCUT2D eigenvalue weighted by Gasteiger charge is -2.26. The van der Waals surface area contributed by atoms with Gasteiger partial charge in [-0.3, -0.25) is 0 Å². The fraction of sp³-hybridized carbons (Fsp3) is 0.833. The standard InChI is InChI=1S/C12H24O2Si/c1-7-9-12(8-2)14-15(5,6)13-10-11(3)4/h11-12H,8,10H2,1-6H3. The second-order valence-corrected chi connectivity index (χ2v) is 7.84. The molecule has 0 N–H and O–H groups in total. The van der Waals surface area contributed by atoms with Gasteiger partial charge in [-0.05, 0) is 32.4 Å². The van der Waals surface area contributed by atoms with Crippen LogP contribution in [0.3, 0.4) is 0 Å². The molecule has 3 heteroatoms. The molecule has 0 aliphatic carbocycles.